The molecule has 6 nitrogen and oxygen atoms in total. The third-order valence-corrected chi connectivity index (χ3v) is 4.36. The molecular formula is C25H24N2O4. The SMILES string of the molecule is CCCCOc1ccc(C(=O)Oc2ccc(/C=N\NC(=O)c3ccccc3)cc2)cc1. The van der Waals surface area contributed by atoms with Crippen molar-refractivity contribution in [3.8, 4) is 11.5 Å². The number of benzene rings is 3. The van der Waals surface area contributed by atoms with E-state index in [-0.39, 0.29) is 5.91 Å². The Hall–Kier alpha value is -3.93. The highest BCUT2D eigenvalue weighted by molar-refractivity contribution is 5.95. The van der Waals surface area contributed by atoms with Crippen LogP contribution in [0, 0.1) is 0 Å². The Morgan fingerprint density at radius 1 is 0.871 bits per heavy atom. The van der Waals surface area contributed by atoms with Crippen LogP contribution in [0.15, 0.2) is 84.0 Å². The summed E-state index contributed by atoms with van der Waals surface area (Å²) in [4.78, 5) is 24.3. The number of nitrogens with one attached hydrogen (secondary N) is 1. The first-order valence-corrected chi connectivity index (χ1v) is 10.1. The van der Waals surface area contributed by atoms with E-state index in [0.29, 0.717) is 23.5 Å². The third-order valence-electron chi connectivity index (χ3n) is 4.36. The first-order valence-electron chi connectivity index (χ1n) is 10.1. The van der Waals surface area contributed by atoms with Gasteiger partial charge in [0.1, 0.15) is 11.5 Å². The Morgan fingerprint density at radius 3 is 2.23 bits per heavy atom. The van der Waals surface area contributed by atoms with E-state index in [0.717, 1.165) is 24.2 Å². The fourth-order valence-electron chi connectivity index (χ4n) is 2.63. The van der Waals surface area contributed by atoms with Gasteiger partial charge in [-0.2, -0.15) is 5.10 Å². The van der Waals surface area contributed by atoms with Crippen LogP contribution in [0.25, 0.3) is 0 Å². The second-order valence-electron chi connectivity index (χ2n) is 6.75. The quantitative estimate of drug-likeness (QED) is 0.178. The largest absolute Gasteiger partial charge is 0.494 e. The number of esters is 1. The van der Waals surface area contributed by atoms with Crippen molar-refractivity contribution in [2.45, 2.75) is 19.8 Å². The van der Waals surface area contributed by atoms with Crippen LogP contribution in [0.2, 0.25) is 0 Å². The van der Waals surface area contributed by atoms with Gasteiger partial charge in [-0.15, -0.1) is 0 Å². The minimum Gasteiger partial charge on any atom is -0.494 e. The van der Waals surface area contributed by atoms with Gasteiger partial charge >= 0.3 is 5.97 Å². The van der Waals surface area contributed by atoms with E-state index in [9.17, 15) is 9.59 Å². The topological polar surface area (TPSA) is 77.0 Å². The van der Waals surface area contributed by atoms with Crippen LogP contribution >= 0.6 is 0 Å². The van der Waals surface area contributed by atoms with Gasteiger partial charge in [-0.25, -0.2) is 10.2 Å². The molecule has 0 saturated heterocycles. The summed E-state index contributed by atoms with van der Waals surface area (Å²) >= 11 is 0. The summed E-state index contributed by atoms with van der Waals surface area (Å²) in [5.41, 5.74) is 4.19. The summed E-state index contributed by atoms with van der Waals surface area (Å²) in [6.07, 6.45) is 3.57. The molecule has 3 rings (SSSR count). The van der Waals surface area contributed by atoms with Crippen molar-refractivity contribution in [1.82, 2.24) is 5.43 Å². The predicted octanol–water partition coefficient (Wildman–Crippen LogP) is 4.85. The van der Waals surface area contributed by atoms with E-state index < -0.39 is 5.97 Å². The van der Waals surface area contributed by atoms with Crippen molar-refractivity contribution >= 4 is 18.1 Å². The van der Waals surface area contributed by atoms with E-state index in [1.165, 1.54) is 6.21 Å². The van der Waals surface area contributed by atoms with Crippen LogP contribution < -0.4 is 14.9 Å². The van der Waals surface area contributed by atoms with E-state index >= 15 is 0 Å². The van der Waals surface area contributed by atoms with Gasteiger partial charge in [0.25, 0.3) is 5.91 Å². The molecule has 0 aliphatic carbocycles. The number of unbranched alkanes of at least 4 members (excludes halogenated alkanes) is 1. The number of amides is 1. The zero-order valence-electron chi connectivity index (χ0n) is 17.3. The van der Waals surface area contributed by atoms with E-state index in [1.54, 1.807) is 72.8 Å². The molecule has 0 aromatic heterocycles. The number of nitrogens with zero attached hydrogens (tertiary/aromatic N) is 1. The molecule has 3 aromatic carbocycles. The summed E-state index contributed by atoms with van der Waals surface area (Å²) in [5.74, 6) is 0.410. The maximum absolute atomic E-state index is 12.3. The normalized spacial score (nSPS) is 10.6. The van der Waals surface area contributed by atoms with Gasteiger partial charge in [0, 0.05) is 5.56 Å². The molecular weight excluding hydrogens is 392 g/mol. The Kier molecular flexibility index (Phi) is 7.94. The van der Waals surface area contributed by atoms with Crippen molar-refractivity contribution in [3.63, 3.8) is 0 Å². The molecule has 0 aliphatic heterocycles. The first kappa shape index (κ1) is 21.8. The summed E-state index contributed by atoms with van der Waals surface area (Å²) in [6, 6.07) is 22.5. The third kappa shape index (κ3) is 6.82. The van der Waals surface area contributed by atoms with Crippen molar-refractivity contribution < 1.29 is 19.1 Å². The molecule has 1 N–H and O–H groups in total. The van der Waals surface area contributed by atoms with Gasteiger partial charge in [-0.3, -0.25) is 4.79 Å². The zero-order chi connectivity index (χ0) is 21.9. The number of hydrogen-bond donors (Lipinski definition) is 1. The Bertz CT molecular complexity index is 1010. The second-order valence-corrected chi connectivity index (χ2v) is 6.75. The lowest BCUT2D eigenvalue weighted by molar-refractivity contribution is 0.0734. The molecule has 3 aromatic rings. The van der Waals surface area contributed by atoms with Crippen LogP contribution in [0.1, 0.15) is 46.0 Å². The summed E-state index contributed by atoms with van der Waals surface area (Å²) in [5, 5.41) is 3.95. The van der Waals surface area contributed by atoms with Crippen LogP contribution in [-0.4, -0.2) is 24.7 Å². The van der Waals surface area contributed by atoms with E-state index in [2.05, 4.69) is 17.5 Å². The number of rotatable bonds is 9. The van der Waals surface area contributed by atoms with E-state index in [1.807, 2.05) is 6.07 Å². The highest BCUT2D eigenvalue weighted by Crippen LogP contribution is 2.16. The molecule has 6 heteroatoms. The highest BCUT2D eigenvalue weighted by Gasteiger charge is 2.09. The summed E-state index contributed by atoms with van der Waals surface area (Å²) < 4.78 is 11.0. The maximum Gasteiger partial charge on any atom is 0.343 e. The van der Waals surface area contributed by atoms with Crippen molar-refractivity contribution in [1.29, 1.82) is 0 Å². The average molecular weight is 416 g/mol. The molecule has 0 radical (unpaired) electrons. The molecule has 0 atom stereocenters. The molecule has 0 heterocycles. The maximum atomic E-state index is 12.3. The van der Waals surface area contributed by atoms with Crippen LogP contribution in [0.5, 0.6) is 11.5 Å². The number of carbonyl (C=O) groups is 2. The molecule has 0 bridgehead atoms. The first-order chi connectivity index (χ1) is 15.2. The van der Waals surface area contributed by atoms with E-state index in [4.69, 9.17) is 9.47 Å². The van der Waals surface area contributed by atoms with Gasteiger partial charge in [-0.1, -0.05) is 31.5 Å². The molecule has 0 saturated carbocycles. The standard InChI is InChI=1S/C25H24N2O4/c1-2-3-17-30-22-15-11-21(12-16-22)25(29)31-23-13-9-19(10-14-23)18-26-27-24(28)20-7-5-4-6-8-20/h4-16,18H,2-3,17H2,1H3,(H,27,28)/b26-18-. The fourth-order valence-corrected chi connectivity index (χ4v) is 2.63. The fraction of sp³-hybridized carbons (Fsp3) is 0.160. The zero-order valence-corrected chi connectivity index (χ0v) is 17.3. The molecule has 0 aliphatic rings. The Balaban J connectivity index is 1.50. The number of ether oxygens (including phenoxy) is 2. The molecule has 1 amide bonds. The van der Waals surface area contributed by atoms with Gasteiger partial charge in [0.05, 0.1) is 18.4 Å². The lowest BCUT2D eigenvalue weighted by Gasteiger charge is -2.07. The van der Waals surface area contributed by atoms with Crippen molar-refractivity contribution in [2.24, 2.45) is 5.10 Å². The molecule has 158 valence electrons. The molecule has 0 fully saturated rings. The second kappa shape index (κ2) is 11.3. The monoisotopic (exact) mass is 416 g/mol. The average Bonchev–Trinajstić information content (AvgIpc) is 2.81. The summed E-state index contributed by atoms with van der Waals surface area (Å²) in [7, 11) is 0. The Morgan fingerprint density at radius 2 is 1.55 bits per heavy atom. The molecule has 0 unspecified atom stereocenters. The van der Waals surface area contributed by atoms with Gasteiger partial charge in [-0.05, 0) is 72.6 Å². The highest BCUT2D eigenvalue weighted by atomic mass is 16.5. The van der Waals surface area contributed by atoms with Gasteiger partial charge in [0.2, 0.25) is 0 Å². The minimum absolute atomic E-state index is 0.288. The van der Waals surface area contributed by atoms with Crippen LogP contribution in [-0.2, 0) is 0 Å². The van der Waals surface area contributed by atoms with Gasteiger partial charge < -0.3 is 9.47 Å². The van der Waals surface area contributed by atoms with Gasteiger partial charge in [0.15, 0.2) is 0 Å². The lowest BCUT2D eigenvalue weighted by Crippen LogP contribution is -2.17. The Labute approximate surface area is 181 Å². The predicted molar refractivity (Wildman–Crippen MR) is 120 cm³/mol. The van der Waals surface area contributed by atoms with Crippen LogP contribution in [0.3, 0.4) is 0 Å². The minimum atomic E-state index is -0.448. The van der Waals surface area contributed by atoms with Crippen LogP contribution in [0.4, 0.5) is 0 Å². The smallest absolute Gasteiger partial charge is 0.343 e. The number of hydrogen-bond acceptors (Lipinski definition) is 5. The van der Waals surface area contributed by atoms with Crippen molar-refractivity contribution in [3.05, 3.63) is 95.6 Å². The number of carbonyl (C=O) groups excluding carboxylic acids is 2. The lowest BCUT2D eigenvalue weighted by atomic mass is 10.2. The summed E-state index contributed by atoms with van der Waals surface area (Å²) in [6.45, 7) is 2.76. The number of hydrazone groups is 1. The van der Waals surface area contributed by atoms with Crippen molar-refractivity contribution in [2.75, 3.05) is 6.61 Å². The molecule has 31 heavy (non-hydrogen) atoms. The molecule has 0 spiro atoms.